The Bertz CT molecular complexity index is 1440. The molecule has 22 nitrogen and oxygen atoms in total. The van der Waals surface area contributed by atoms with Crippen LogP contribution in [-0.2, 0) is 47.9 Å². The van der Waals surface area contributed by atoms with Gasteiger partial charge >= 0.3 is 5.97 Å². The number of carbonyl (C=O) groups is 10. The van der Waals surface area contributed by atoms with Gasteiger partial charge in [-0.15, -0.1) is 0 Å². The van der Waals surface area contributed by atoms with Gasteiger partial charge in [0, 0.05) is 17.9 Å². The minimum Gasteiger partial charge on any atom is -0.480 e. The van der Waals surface area contributed by atoms with E-state index in [2.05, 4.69) is 67.8 Å². The molecule has 0 unspecified atom stereocenters. The second-order valence-electron chi connectivity index (χ2n) is 13.0. The largest absolute Gasteiger partial charge is 0.480 e. The Balaban J connectivity index is 5.62. The molecular weight excluding hydrogens is 813 g/mol. The monoisotopic (exact) mass is 868 g/mol. The van der Waals surface area contributed by atoms with Crippen molar-refractivity contribution in [2.45, 2.75) is 95.3 Å². The van der Waals surface area contributed by atoms with Crippen LogP contribution in [0.4, 0.5) is 0 Å². The molecule has 0 rings (SSSR count). The number of thiol groups is 2. The average molecular weight is 869 g/mol. The number of nitrogens with two attached hydrogens (primary N) is 2. The van der Waals surface area contributed by atoms with Gasteiger partial charge in [0.25, 0.3) is 0 Å². The Morgan fingerprint density at radius 2 is 1.11 bits per heavy atom. The van der Waals surface area contributed by atoms with E-state index in [1.165, 1.54) is 25.6 Å². The van der Waals surface area contributed by atoms with Crippen LogP contribution < -0.4 is 54.0 Å². The van der Waals surface area contributed by atoms with Crippen molar-refractivity contribution in [1.29, 1.82) is 0 Å². The summed E-state index contributed by atoms with van der Waals surface area (Å²) in [6.45, 7) is 4.41. The van der Waals surface area contributed by atoms with Crippen molar-refractivity contribution in [3.8, 4) is 0 Å². The first-order chi connectivity index (χ1) is 26.6. The van der Waals surface area contributed by atoms with Crippen LogP contribution in [-0.4, -0.2) is 154 Å². The summed E-state index contributed by atoms with van der Waals surface area (Å²) in [5, 5.41) is 38.0. The van der Waals surface area contributed by atoms with Crippen molar-refractivity contribution in [3.05, 3.63) is 0 Å². The normalized spacial score (nSPS) is 15.1. The first-order valence-corrected chi connectivity index (χ1v) is 20.3. The molecule has 0 saturated heterocycles. The number of aliphatic hydroxyl groups is 1. The molecule has 25 heteroatoms. The molecule has 0 fully saturated rings. The predicted octanol–water partition coefficient (Wildman–Crippen LogP) is -5.53. The third-order valence-corrected chi connectivity index (χ3v) is 9.30. The van der Waals surface area contributed by atoms with E-state index in [1.54, 1.807) is 20.1 Å². The quantitative estimate of drug-likeness (QED) is 0.0343. The SMILES string of the molecule is CSCC[C@H](NC(=O)[C@H](C)NC(=O)[C@@H](NC(=O)CNC(=O)[C@@H](N)CS)C(C)C)C(=O)N[C@@H](CO)C(=O)N[C@@H](C)C(=O)N[C@@H](CCC(N)=O)C(=O)N[C@@H](CS)C(=O)O. The van der Waals surface area contributed by atoms with Crippen LogP contribution in [0.5, 0.6) is 0 Å². The Labute approximate surface area is 345 Å². The molecule has 9 amide bonds. The van der Waals surface area contributed by atoms with Crippen LogP contribution in [0.1, 0.15) is 47.0 Å². The number of carboxylic acid groups (broad SMARTS) is 1. The molecule has 0 aromatic heterocycles. The van der Waals surface area contributed by atoms with E-state index in [-0.39, 0.29) is 30.8 Å². The van der Waals surface area contributed by atoms with Gasteiger partial charge in [-0.25, -0.2) is 4.79 Å². The Hall–Kier alpha value is -4.33. The van der Waals surface area contributed by atoms with E-state index in [9.17, 15) is 58.2 Å². The summed E-state index contributed by atoms with van der Waals surface area (Å²) >= 11 is 9.12. The number of hydrogen-bond donors (Lipinski definition) is 14. The fourth-order valence-electron chi connectivity index (χ4n) is 4.47. The molecule has 8 atom stereocenters. The molecule has 0 aromatic carbocycles. The first kappa shape index (κ1) is 52.7. The number of rotatable bonds is 27. The molecule has 0 aliphatic carbocycles. The van der Waals surface area contributed by atoms with E-state index < -0.39 is 127 Å². The number of aliphatic carboxylic acids is 1. The highest BCUT2D eigenvalue weighted by Gasteiger charge is 2.32. The Morgan fingerprint density at radius 1 is 0.632 bits per heavy atom. The number of amides is 9. The van der Waals surface area contributed by atoms with Crippen LogP contribution in [0.15, 0.2) is 0 Å². The molecule has 0 saturated carbocycles. The maximum absolute atomic E-state index is 13.3. The zero-order valence-electron chi connectivity index (χ0n) is 32.3. The summed E-state index contributed by atoms with van der Waals surface area (Å²) in [6, 6.07) is -10.4. The van der Waals surface area contributed by atoms with Gasteiger partial charge in [-0.2, -0.15) is 37.0 Å². The first-order valence-electron chi connectivity index (χ1n) is 17.6. The van der Waals surface area contributed by atoms with Gasteiger partial charge in [0.15, 0.2) is 0 Å². The highest BCUT2D eigenvalue weighted by Crippen LogP contribution is 2.06. The summed E-state index contributed by atoms with van der Waals surface area (Å²) in [5.41, 5.74) is 10.7. The number of carbonyl (C=O) groups excluding carboxylic acids is 9. The maximum Gasteiger partial charge on any atom is 0.327 e. The summed E-state index contributed by atoms with van der Waals surface area (Å²) in [4.78, 5) is 125. The zero-order chi connectivity index (χ0) is 44.0. The molecule has 324 valence electrons. The van der Waals surface area contributed by atoms with E-state index in [0.29, 0.717) is 5.75 Å². The lowest BCUT2D eigenvalue weighted by Gasteiger charge is -2.26. The fourth-order valence-corrected chi connectivity index (χ4v) is 5.35. The van der Waals surface area contributed by atoms with Gasteiger partial charge in [0.2, 0.25) is 53.2 Å². The molecule has 0 bridgehead atoms. The lowest BCUT2D eigenvalue weighted by Crippen LogP contribution is -2.60. The highest BCUT2D eigenvalue weighted by molar-refractivity contribution is 7.98. The van der Waals surface area contributed by atoms with Crippen molar-refractivity contribution >= 4 is 96.2 Å². The summed E-state index contributed by atoms with van der Waals surface area (Å²) in [5.74, 6) is -9.23. The van der Waals surface area contributed by atoms with Crippen molar-refractivity contribution in [3.63, 3.8) is 0 Å². The smallest absolute Gasteiger partial charge is 0.327 e. The highest BCUT2D eigenvalue weighted by atomic mass is 32.2. The summed E-state index contributed by atoms with van der Waals surface area (Å²) in [7, 11) is 0. The van der Waals surface area contributed by atoms with E-state index in [1.807, 2.05) is 0 Å². The van der Waals surface area contributed by atoms with Gasteiger partial charge in [-0.05, 0) is 44.6 Å². The van der Waals surface area contributed by atoms with Crippen LogP contribution >= 0.6 is 37.0 Å². The molecule has 14 N–H and O–H groups in total. The van der Waals surface area contributed by atoms with E-state index in [4.69, 9.17) is 11.5 Å². The maximum atomic E-state index is 13.3. The summed E-state index contributed by atoms with van der Waals surface area (Å²) in [6.07, 6.45) is 1.12. The molecule has 0 aliphatic rings. The Morgan fingerprint density at radius 3 is 1.54 bits per heavy atom. The second kappa shape index (κ2) is 27.3. The minimum absolute atomic E-state index is 0.0477. The van der Waals surface area contributed by atoms with Gasteiger partial charge in [0.05, 0.1) is 19.2 Å². The topological polar surface area (TPSA) is 359 Å². The molecule has 0 aromatic rings. The van der Waals surface area contributed by atoms with Crippen molar-refractivity contribution in [1.82, 2.24) is 42.5 Å². The van der Waals surface area contributed by atoms with E-state index in [0.717, 1.165) is 0 Å². The van der Waals surface area contributed by atoms with Gasteiger partial charge in [-0.1, -0.05) is 13.8 Å². The molecular formula is C32H56N10O12S3. The molecule has 57 heavy (non-hydrogen) atoms. The van der Waals surface area contributed by atoms with Crippen LogP contribution in [0.25, 0.3) is 0 Å². The van der Waals surface area contributed by atoms with Crippen molar-refractivity contribution in [2.75, 3.05) is 36.7 Å². The number of hydrogen-bond acceptors (Lipinski definition) is 15. The number of primary amides is 1. The van der Waals surface area contributed by atoms with Gasteiger partial charge in [0.1, 0.15) is 42.3 Å². The average Bonchev–Trinajstić information content (AvgIpc) is 3.15. The molecule has 0 radical (unpaired) electrons. The summed E-state index contributed by atoms with van der Waals surface area (Å²) < 4.78 is 0. The van der Waals surface area contributed by atoms with Gasteiger partial charge in [-0.3, -0.25) is 43.2 Å². The third kappa shape index (κ3) is 20.1. The van der Waals surface area contributed by atoms with Crippen LogP contribution in [0.3, 0.4) is 0 Å². The van der Waals surface area contributed by atoms with Crippen LogP contribution in [0, 0.1) is 5.92 Å². The fraction of sp³-hybridized carbons (Fsp3) is 0.688. The number of nitrogens with one attached hydrogen (secondary N) is 8. The van der Waals surface area contributed by atoms with Crippen LogP contribution in [0.2, 0.25) is 0 Å². The minimum atomic E-state index is -1.63. The van der Waals surface area contributed by atoms with Crippen molar-refractivity contribution in [2.24, 2.45) is 17.4 Å². The molecule has 0 spiro atoms. The predicted molar refractivity (Wildman–Crippen MR) is 215 cm³/mol. The van der Waals surface area contributed by atoms with Crippen molar-refractivity contribution < 1.29 is 58.2 Å². The second-order valence-corrected chi connectivity index (χ2v) is 14.7. The standard InChI is InChI=1S/C32H56N10O12S3/c1-14(2)24(42-23(45)10-35-27(48)17(33)12-55)31(52)37-16(4)26(47)39-19(8-9-57-5)29(50)40-20(11-43)30(51)36-15(3)25(46)38-18(6-7-22(34)44)28(49)41-21(13-56)32(53)54/h14-21,24,43,55-56H,6-13,33H2,1-5H3,(H2,34,44)(H,35,48)(H,36,51)(H,37,52)(H,38,46)(H,39,47)(H,40,50)(H,41,49)(H,42,45)(H,53,54)/t15-,16-,17-,18-,19-,20-,21-,24-/m0/s1. The number of carboxylic acids is 1. The lowest BCUT2D eigenvalue weighted by atomic mass is 10.0. The number of thioether (sulfide) groups is 1. The Kier molecular flexibility index (Phi) is 25.3. The number of aliphatic hydroxyl groups excluding tert-OH is 1. The zero-order valence-corrected chi connectivity index (χ0v) is 34.9. The van der Waals surface area contributed by atoms with Gasteiger partial charge < -0.3 is 64.2 Å². The molecule has 0 aliphatic heterocycles. The lowest BCUT2D eigenvalue weighted by molar-refractivity contribution is -0.141. The third-order valence-electron chi connectivity index (χ3n) is 7.90. The van der Waals surface area contributed by atoms with E-state index >= 15 is 0 Å². The molecule has 0 heterocycles.